The molecule has 9 heteroatoms. The van der Waals surface area contributed by atoms with E-state index in [4.69, 9.17) is 0 Å². The average molecular weight is 302 g/mol. The van der Waals surface area contributed by atoms with Gasteiger partial charge in [0.1, 0.15) is 0 Å². The summed E-state index contributed by atoms with van der Waals surface area (Å²) in [7, 11) is -2.04. The second-order valence-electron chi connectivity index (χ2n) is 4.05. The summed E-state index contributed by atoms with van der Waals surface area (Å²) >= 11 is 0.672. The van der Waals surface area contributed by atoms with E-state index < -0.39 is 10.0 Å². The fraction of sp³-hybridized carbons (Fsp3) is 0.400. The monoisotopic (exact) mass is 302 g/mol. The van der Waals surface area contributed by atoms with Crippen LogP contribution in [0.1, 0.15) is 18.3 Å². The minimum Gasteiger partial charge on any atom is -0.315 e. The van der Waals surface area contributed by atoms with E-state index in [-0.39, 0.29) is 9.08 Å². The molecule has 0 aromatic carbocycles. The number of nitrogens with zero attached hydrogens (tertiary/aromatic N) is 2. The summed E-state index contributed by atoms with van der Waals surface area (Å²) in [6.07, 6.45) is 2.21. The first-order chi connectivity index (χ1) is 8.83. The Morgan fingerprint density at radius 3 is 2.74 bits per heavy atom. The molecule has 0 unspecified atom stereocenters. The van der Waals surface area contributed by atoms with E-state index in [0.29, 0.717) is 34.8 Å². The summed E-state index contributed by atoms with van der Waals surface area (Å²) in [5, 5.41) is 4.16. The van der Waals surface area contributed by atoms with Crippen LogP contribution in [0.2, 0.25) is 0 Å². The average Bonchev–Trinajstić information content (AvgIpc) is 2.81. The van der Waals surface area contributed by atoms with Crippen molar-refractivity contribution in [1.29, 1.82) is 0 Å². The van der Waals surface area contributed by atoms with Crippen molar-refractivity contribution in [2.24, 2.45) is 7.05 Å². The fourth-order valence-corrected chi connectivity index (χ4v) is 4.09. The number of hydrogen-bond acceptors (Lipinski definition) is 5. The van der Waals surface area contributed by atoms with Crippen molar-refractivity contribution in [3.8, 4) is 0 Å². The van der Waals surface area contributed by atoms with Crippen LogP contribution < -0.4 is 9.60 Å². The Kier molecular flexibility index (Phi) is 3.50. The molecule has 0 atom stereocenters. The molecule has 19 heavy (non-hydrogen) atoms. The maximum atomic E-state index is 12.2. The lowest BCUT2D eigenvalue weighted by Gasteiger charge is -2.05. The third kappa shape index (κ3) is 2.71. The summed E-state index contributed by atoms with van der Waals surface area (Å²) < 4.78 is 28.5. The maximum Gasteiger partial charge on any atom is 0.306 e. The van der Waals surface area contributed by atoms with Crippen LogP contribution in [0.4, 0.5) is 5.69 Å². The Bertz CT molecular complexity index is 754. The molecule has 0 radical (unpaired) electrons. The molecule has 2 rings (SSSR count). The molecule has 0 aliphatic heterocycles. The number of aromatic amines is 1. The Balaban J connectivity index is 2.41. The van der Waals surface area contributed by atoms with E-state index in [1.54, 1.807) is 24.9 Å². The molecule has 0 saturated carbocycles. The lowest BCUT2D eigenvalue weighted by Crippen LogP contribution is -2.13. The highest BCUT2D eigenvalue weighted by Crippen LogP contribution is 2.22. The van der Waals surface area contributed by atoms with E-state index in [1.807, 2.05) is 6.92 Å². The molecular weight excluding hydrogens is 288 g/mol. The van der Waals surface area contributed by atoms with Gasteiger partial charge in [0.2, 0.25) is 0 Å². The van der Waals surface area contributed by atoms with Crippen LogP contribution in [0.15, 0.2) is 15.2 Å². The van der Waals surface area contributed by atoms with Gasteiger partial charge < -0.3 is 4.98 Å². The van der Waals surface area contributed by atoms with Crippen molar-refractivity contribution in [1.82, 2.24) is 14.8 Å². The summed E-state index contributed by atoms with van der Waals surface area (Å²) in [5.41, 5.74) is 1.43. The molecule has 0 amide bonds. The Morgan fingerprint density at radius 2 is 2.21 bits per heavy atom. The van der Waals surface area contributed by atoms with Crippen molar-refractivity contribution in [2.45, 2.75) is 24.5 Å². The first-order valence-corrected chi connectivity index (χ1v) is 7.88. The zero-order valence-electron chi connectivity index (χ0n) is 10.7. The molecule has 0 fully saturated rings. The number of aryl methyl sites for hydroxylation is 3. The first-order valence-electron chi connectivity index (χ1n) is 5.58. The van der Waals surface area contributed by atoms with Gasteiger partial charge in [0.25, 0.3) is 10.0 Å². The lowest BCUT2D eigenvalue weighted by molar-refractivity contribution is 0.602. The van der Waals surface area contributed by atoms with Crippen molar-refractivity contribution in [2.75, 3.05) is 4.72 Å². The van der Waals surface area contributed by atoms with Crippen LogP contribution in [0.3, 0.4) is 0 Å². The van der Waals surface area contributed by atoms with E-state index in [9.17, 15) is 13.2 Å². The van der Waals surface area contributed by atoms with Gasteiger partial charge in [0.05, 0.1) is 11.4 Å². The van der Waals surface area contributed by atoms with Crippen LogP contribution in [0.25, 0.3) is 0 Å². The molecular formula is C10H14N4O3S2. The molecule has 0 bridgehead atoms. The molecule has 2 N–H and O–H groups in total. The van der Waals surface area contributed by atoms with Crippen LogP contribution in [0.5, 0.6) is 0 Å². The highest BCUT2D eigenvalue weighted by atomic mass is 32.2. The quantitative estimate of drug-likeness (QED) is 0.874. The highest BCUT2D eigenvalue weighted by molar-refractivity contribution is 7.94. The van der Waals surface area contributed by atoms with Crippen molar-refractivity contribution in [3.63, 3.8) is 0 Å². The molecule has 0 aliphatic carbocycles. The zero-order chi connectivity index (χ0) is 14.2. The molecule has 0 saturated heterocycles. The molecule has 2 heterocycles. The van der Waals surface area contributed by atoms with Gasteiger partial charge in [-0.25, -0.2) is 8.42 Å². The van der Waals surface area contributed by atoms with Gasteiger partial charge in [-0.1, -0.05) is 18.3 Å². The predicted molar refractivity (Wildman–Crippen MR) is 73.1 cm³/mol. The van der Waals surface area contributed by atoms with Crippen molar-refractivity contribution in [3.05, 3.63) is 27.3 Å². The van der Waals surface area contributed by atoms with Gasteiger partial charge in [0.15, 0.2) is 4.21 Å². The molecule has 0 spiro atoms. The molecule has 7 nitrogen and oxygen atoms in total. The minimum absolute atomic E-state index is 0.00315. The van der Waals surface area contributed by atoms with Gasteiger partial charge in [-0.05, 0) is 13.3 Å². The summed E-state index contributed by atoms with van der Waals surface area (Å²) in [4.78, 5) is 13.3. The zero-order valence-corrected chi connectivity index (χ0v) is 12.4. The van der Waals surface area contributed by atoms with Crippen LogP contribution in [-0.4, -0.2) is 23.2 Å². The van der Waals surface area contributed by atoms with Crippen LogP contribution >= 0.6 is 11.3 Å². The van der Waals surface area contributed by atoms with Crippen LogP contribution in [0, 0.1) is 6.92 Å². The number of rotatable bonds is 4. The number of sulfonamides is 1. The molecule has 104 valence electrons. The van der Waals surface area contributed by atoms with Gasteiger partial charge >= 0.3 is 4.87 Å². The summed E-state index contributed by atoms with van der Waals surface area (Å²) in [6, 6.07) is 0. The topological polar surface area (TPSA) is 96.8 Å². The molecule has 2 aromatic rings. The first kappa shape index (κ1) is 13.8. The number of thiazole rings is 1. The second kappa shape index (κ2) is 4.82. The van der Waals surface area contributed by atoms with Crippen LogP contribution in [-0.2, 0) is 23.5 Å². The number of nitrogens with one attached hydrogen (secondary N) is 2. The van der Waals surface area contributed by atoms with E-state index >= 15 is 0 Å². The fourth-order valence-electron chi connectivity index (χ4n) is 1.72. The predicted octanol–water partition coefficient (Wildman–Crippen LogP) is 0.842. The highest BCUT2D eigenvalue weighted by Gasteiger charge is 2.22. The SMILES string of the molecule is CCc1nn(C)cc1NS(=O)(=O)c1sc(=O)[nH]c1C. The number of H-pyrrole nitrogens is 1. The number of aromatic nitrogens is 3. The molecule has 2 aromatic heterocycles. The maximum absolute atomic E-state index is 12.2. The summed E-state index contributed by atoms with van der Waals surface area (Å²) in [5.74, 6) is 0. The number of hydrogen-bond donors (Lipinski definition) is 2. The third-order valence-electron chi connectivity index (χ3n) is 2.51. The Hall–Kier alpha value is -1.61. The van der Waals surface area contributed by atoms with Crippen molar-refractivity contribution < 1.29 is 8.42 Å². The largest absolute Gasteiger partial charge is 0.315 e. The van der Waals surface area contributed by atoms with Gasteiger partial charge in [-0.15, -0.1) is 0 Å². The Morgan fingerprint density at radius 1 is 1.53 bits per heavy atom. The van der Waals surface area contributed by atoms with E-state index in [1.165, 1.54) is 0 Å². The van der Waals surface area contributed by atoms with Gasteiger partial charge in [-0.3, -0.25) is 14.2 Å². The van der Waals surface area contributed by atoms with Gasteiger partial charge in [0, 0.05) is 18.9 Å². The van der Waals surface area contributed by atoms with E-state index in [0.717, 1.165) is 0 Å². The Labute approximate surface area is 114 Å². The minimum atomic E-state index is -3.76. The normalized spacial score (nSPS) is 11.7. The van der Waals surface area contributed by atoms with Gasteiger partial charge in [-0.2, -0.15) is 5.10 Å². The molecule has 0 aliphatic rings. The van der Waals surface area contributed by atoms with E-state index in [2.05, 4.69) is 14.8 Å². The summed E-state index contributed by atoms with van der Waals surface area (Å²) in [6.45, 7) is 3.44. The lowest BCUT2D eigenvalue weighted by atomic mass is 10.3. The second-order valence-corrected chi connectivity index (χ2v) is 6.91. The third-order valence-corrected chi connectivity index (χ3v) is 5.48. The van der Waals surface area contributed by atoms with Crippen molar-refractivity contribution >= 4 is 27.0 Å². The smallest absolute Gasteiger partial charge is 0.306 e. The standard InChI is InChI=1S/C10H14N4O3S2/c1-4-7-8(5-14(3)12-7)13-19(16,17)9-6(2)11-10(15)18-9/h5,13H,4H2,1-3H3,(H,11,15). The number of anilines is 1.